The Labute approximate surface area is 255 Å². The van der Waals surface area contributed by atoms with Gasteiger partial charge in [-0.3, -0.25) is 14.6 Å². The number of carbonyl (C=O) groups excluding carboxylic acids is 2. The highest BCUT2D eigenvalue weighted by Gasteiger charge is 2.73. The topological polar surface area (TPSA) is 71.5 Å². The first kappa shape index (κ1) is 35.5. The first-order valence-corrected chi connectivity index (χ1v) is 13.1. The molecule has 1 N–H and O–H groups in total. The smallest absolute Gasteiger partial charge is 0.435 e. The number of nitrogens with one attached hydrogen (secondary N) is 1. The van der Waals surface area contributed by atoms with E-state index in [0.717, 1.165) is 23.1 Å². The fourth-order valence-electron chi connectivity index (χ4n) is 4.06. The molecule has 0 radical (unpaired) electrons. The Balaban J connectivity index is 2.10. The van der Waals surface area contributed by atoms with Crippen LogP contribution in [-0.2, 0) is 27.9 Å². The fraction of sp³-hybridized carbons (Fsp3) is 0.296. The molecule has 0 aliphatic carbocycles. The summed E-state index contributed by atoms with van der Waals surface area (Å²) in [7, 11) is 0. The van der Waals surface area contributed by atoms with Crippen molar-refractivity contribution in [2.75, 3.05) is 23.4 Å². The van der Waals surface area contributed by atoms with E-state index >= 15 is 4.39 Å². The highest BCUT2D eigenvalue weighted by atomic mass is 79.9. The average Bonchev–Trinajstić information content (AvgIpc) is 2.92. The van der Waals surface area contributed by atoms with E-state index in [4.69, 9.17) is 4.74 Å². The van der Waals surface area contributed by atoms with Crippen molar-refractivity contribution >= 4 is 39.2 Å². The van der Waals surface area contributed by atoms with Gasteiger partial charge >= 0.3 is 30.2 Å². The number of rotatable bonds is 9. The number of benzene rings is 2. The average molecular weight is 722 g/mol. The number of pyridine rings is 1. The van der Waals surface area contributed by atoms with Crippen LogP contribution >= 0.6 is 15.9 Å². The standard InChI is InChI=1S/C27H19BrF11N3O3/c1-2-45-20(43)13-42(12-14-6-8-40-9-7-14)19-5-3-4-16(21(19)29)23(44)41-22-17(25(31,32)33)10-15(11-18(22)28)24(30,26(34,35)36)27(37,38)39/h3-11H,2,12-13H2,1H3,(H,41,44). The van der Waals surface area contributed by atoms with Gasteiger partial charge < -0.3 is 15.0 Å². The second-order valence-electron chi connectivity index (χ2n) is 9.14. The number of hydrogen-bond donors (Lipinski definition) is 1. The Kier molecular flexibility index (Phi) is 10.4. The van der Waals surface area contributed by atoms with Crippen LogP contribution in [0, 0.1) is 5.82 Å². The molecule has 0 aliphatic heterocycles. The molecular formula is C27H19BrF11N3O3. The van der Waals surface area contributed by atoms with Crippen molar-refractivity contribution in [3.63, 3.8) is 0 Å². The van der Waals surface area contributed by atoms with Crippen molar-refractivity contribution < 1.29 is 62.6 Å². The summed E-state index contributed by atoms with van der Waals surface area (Å²) in [5.41, 5.74) is -13.2. The van der Waals surface area contributed by atoms with Gasteiger partial charge in [0.05, 0.1) is 29.1 Å². The van der Waals surface area contributed by atoms with Gasteiger partial charge in [-0.2, -0.15) is 39.5 Å². The van der Waals surface area contributed by atoms with E-state index in [1.54, 1.807) is 5.32 Å². The maximum atomic E-state index is 15.7. The van der Waals surface area contributed by atoms with Crippen molar-refractivity contribution in [3.05, 3.63) is 87.4 Å². The molecule has 1 amide bonds. The first-order valence-electron chi connectivity index (χ1n) is 12.3. The third-order valence-electron chi connectivity index (χ3n) is 6.12. The Morgan fingerprint density at radius 1 is 0.933 bits per heavy atom. The zero-order valence-electron chi connectivity index (χ0n) is 22.5. The van der Waals surface area contributed by atoms with E-state index in [0.29, 0.717) is 5.56 Å². The molecule has 1 heterocycles. The van der Waals surface area contributed by atoms with E-state index < -0.39 is 87.0 Å². The minimum atomic E-state index is -6.73. The second-order valence-corrected chi connectivity index (χ2v) is 10.00. The molecule has 3 rings (SSSR count). The van der Waals surface area contributed by atoms with Gasteiger partial charge in [-0.25, -0.2) is 8.78 Å². The lowest BCUT2D eigenvalue weighted by molar-refractivity contribution is -0.348. The van der Waals surface area contributed by atoms with Crippen molar-refractivity contribution in [3.8, 4) is 0 Å². The molecule has 18 heteroatoms. The lowest BCUT2D eigenvalue weighted by Gasteiger charge is -2.31. The zero-order valence-corrected chi connectivity index (χ0v) is 24.1. The van der Waals surface area contributed by atoms with Gasteiger partial charge in [-0.1, -0.05) is 6.07 Å². The highest BCUT2D eigenvalue weighted by Crippen LogP contribution is 2.55. The van der Waals surface area contributed by atoms with Crippen LogP contribution < -0.4 is 10.2 Å². The minimum absolute atomic E-state index is 0.0302. The summed E-state index contributed by atoms with van der Waals surface area (Å²) in [6.07, 6.45) is -16.4. The molecule has 0 aliphatic rings. The summed E-state index contributed by atoms with van der Waals surface area (Å²) in [4.78, 5) is 30.2. The normalized spacial score (nSPS) is 12.6. The zero-order chi connectivity index (χ0) is 34.0. The van der Waals surface area contributed by atoms with E-state index in [1.165, 1.54) is 31.5 Å². The number of nitrogens with zero attached hydrogens (tertiary/aromatic N) is 2. The van der Waals surface area contributed by atoms with Crippen molar-refractivity contribution in [1.82, 2.24) is 4.98 Å². The van der Waals surface area contributed by atoms with Crippen molar-refractivity contribution in [2.24, 2.45) is 0 Å². The SMILES string of the molecule is CCOC(=O)CN(Cc1ccncc1)c1cccc(C(=O)Nc2c(Br)cc(C(F)(C(F)(F)F)C(F)(F)F)cc2C(F)(F)F)c1F. The molecule has 0 saturated heterocycles. The van der Waals surface area contributed by atoms with E-state index in [-0.39, 0.29) is 19.2 Å². The van der Waals surface area contributed by atoms with Gasteiger partial charge in [-0.05, 0) is 64.8 Å². The lowest BCUT2D eigenvalue weighted by Crippen LogP contribution is -2.50. The van der Waals surface area contributed by atoms with Gasteiger partial charge in [0, 0.05) is 29.0 Å². The Bertz CT molecular complexity index is 1530. The second kappa shape index (κ2) is 13.2. The summed E-state index contributed by atoms with van der Waals surface area (Å²) in [5.74, 6) is -3.78. The van der Waals surface area contributed by atoms with E-state index in [2.05, 4.69) is 20.9 Å². The van der Waals surface area contributed by atoms with Gasteiger partial charge in [0.2, 0.25) is 0 Å². The lowest BCUT2D eigenvalue weighted by atomic mass is 9.92. The van der Waals surface area contributed by atoms with Crippen LogP contribution in [0.2, 0.25) is 0 Å². The monoisotopic (exact) mass is 721 g/mol. The van der Waals surface area contributed by atoms with E-state index in [9.17, 15) is 53.5 Å². The third kappa shape index (κ3) is 7.65. The summed E-state index contributed by atoms with van der Waals surface area (Å²) >= 11 is 2.38. The molecule has 2 aromatic carbocycles. The molecule has 45 heavy (non-hydrogen) atoms. The van der Waals surface area contributed by atoms with Gasteiger partial charge in [0.25, 0.3) is 5.91 Å². The Morgan fingerprint density at radius 3 is 2.07 bits per heavy atom. The first-order chi connectivity index (χ1) is 20.7. The third-order valence-corrected chi connectivity index (χ3v) is 6.75. The van der Waals surface area contributed by atoms with Crippen LogP contribution in [0.15, 0.2) is 59.3 Å². The largest absolute Gasteiger partial charge is 0.465 e. The molecule has 0 unspecified atom stereocenters. The number of halogens is 12. The maximum absolute atomic E-state index is 15.7. The summed E-state index contributed by atoms with van der Waals surface area (Å²) in [6.45, 7) is 0.790. The van der Waals surface area contributed by atoms with Crippen LogP contribution in [-0.4, -0.2) is 42.4 Å². The number of amides is 1. The molecule has 0 bridgehead atoms. The molecule has 0 fully saturated rings. The van der Waals surface area contributed by atoms with Crippen LogP contribution in [0.4, 0.5) is 59.7 Å². The molecular weight excluding hydrogens is 703 g/mol. The number of alkyl halides is 10. The molecule has 244 valence electrons. The summed E-state index contributed by atoms with van der Waals surface area (Å²) in [6, 6.07) is 5.13. The van der Waals surface area contributed by atoms with Crippen LogP contribution in [0.3, 0.4) is 0 Å². The number of ether oxygens (including phenoxy) is 1. The molecule has 6 nitrogen and oxygen atoms in total. The van der Waals surface area contributed by atoms with Crippen LogP contribution in [0.25, 0.3) is 0 Å². The van der Waals surface area contributed by atoms with Gasteiger partial charge in [0.1, 0.15) is 6.54 Å². The van der Waals surface area contributed by atoms with Crippen LogP contribution in [0.5, 0.6) is 0 Å². The van der Waals surface area contributed by atoms with Gasteiger partial charge in [-0.15, -0.1) is 0 Å². The predicted octanol–water partition coefficient (Wildman–Crippen LogP) is 8.11. The molecule has 0 saturated carbocycles. The number of esters is 1. The summed E-state index contributed by atoms with van der Waals surface area (Å²) < 4.78 is 155. The van der Waals surface area contributed by atoms with Crippen LogP contribution in [0.1, 0.15) is 34.0 Å². The summed E-state index contributed by atoms with van der Waals surface area (Å²) in [5, 5.41) is 1.63. The molecule has 1 aromatic heterocycles. The fourth-order valence-corrected chi connectivity index (χ4v) is 4.62. The van der Waals surface area contributed by atoms with Crippen molar-refractivity contribution in [2.45, 2.75) is 37.7 Å². The van der Waals surface area contributed by atoms with Gasteiger partial charge in [0.15, 0.2) is 5.82 Å². The molecule has 3 aromatic rings. The minimum Gasteiger partial charge on any atom is -0.465 e. The van der Waals surface area contributed by atoms with Crippen molar-refractivity contribution in [1.29, 1.82) is 0 Å². The Morgan fingerprint density at radius 2 is 1.53 bits per heavy atom. The number of anilines is 2. The van der Waals surface area contributed by atoms with E-state index in [1.807, 2.05) is 0 Å². The number of aromatic nitrogens is 1. The molecule has 0 spiro atoms. The quantitative estimate of drug-likeness (QED) is 0.179. The maximum Gasteiger partial charge on any atom is 0.435 e. The Hall–Kier alpha value is -3.96. The number of hydrogen-bond acceptors (Lipinski definition) is 5. The predicted molar refractivity (Wildman–Crippen MR) is 140 cm³/mol. The molecule has 0 atom stereocenters. The highest BCUT2D eigenvalue weighted by molar-refractivity contribution is 9.10. The number of carbonyl (C=O) groups is 2.